The van der Waals surface area contributed by atoms with Crippen molar-refractivity contribution in [1.82, 2.24) is 0 Å². The molecule has 0 saturated carbocycles. The Morgan fingerprint density at radius 3 is 2.50 bits per heavy atom. The average Bonchev–Trinajstić information content (AvgIpc) is 3.09. The van der Waals surface area contributed by atoms with Crippen LogP contribution in [-0.2, 0) is 12.8 Å². The molecule has 2 aliphatic carbocycles. The third-order valence-electron chi connectivity index (χ3n) is 6.90. The Morgan fingerprint density at radius 2 is 1.74 bits per heavy atom. The van der Waals surface area contributed by atoms with Crippen LogP contribution in [0.25, 0.3) is 0 Å². The molecule has 0 aromatic heterocycles. The maximum Gasteiger partial charge on any atom is 0.573 e. The van der Waals surface area contributed by atoms with Gasteiger partial charge in [-0.3, -0.25) is 0 Å². The summed E-state index contributed by atoms with van der Waals surface area (Å²) in [7, 11) is 0. The van der Waals surface area contributed by atoms with Crippen LogP contribution in [0, 0.1) is 11.7 Å². The molecular weight excluding hydrogens is 444 g/mol. The summed E-state index contributed by atoms with van der Waals surface area (Å²) < 4.78 is 54.9. The number of ether oxygens (including phenoxy) is 1. The number of rotatable bonds is 6. The van der Waals surface area contributed by atoms with E-state index in [4.69, 9.17) is 0 Å². The molecule has 4 rings (SSSR count). The fraction of sp³-hybridized carbons (Fsp3) is 0.429. The Hall–Kier alpha value is -2.60. The van der Waals surface area contributed by atoms with Gasteiger partial charge in [-0.25, -0.2) is 4.39 Å². The van der Waals surface area contributed by atoms with E-state index in [9.17, 15) is 22.7 Å². The van der Waals surface area contributed by atoms with Crippen molar-refractivity contribution in [2.24, 2.45) is 5.92 Å². The lowest BCUT2D eigenvalue weighted by molar-refractivity contribution is -0.274. The number of hydrogen-bond acceptors (Lipinski definition) is 2. The summed E-state index contributed by atoms with van der Waals surface area (Å²) in [5.41, 5.74) is 5.87. The smallest absolute Gasteiger partial charge is 0.406 e. The lowest BCUT2D eigenvalue weighted by Gasteiger charge is -2.22. The number of benzene rings is 2. The van der Waals surface area contributed by atoms with E-state index >= 15 is 0 Å². The molecule has 6 heteroatoms. The second-order valence-corrected chi connectivity index (χ2v) is 9.31. The van der Waals surface area contributed by atoms with Gasteiger partial charge >= 0.3 is 6.36 Å². The van der Waals surface area contributed by atoms with E-state index in [1.165, 1.54) is 47.1 Å². The van der Waals surface area contributed by atoms with Crippen molar-refractivity contribution in [2.45, 2.75) is 70.3 Å². The van der Waals surface area contributed by atoms with Gasteiger partial charge in [0.1, 0.15) is 11.6 Å². The first-order chi connectivity index (χ1) is 16.3. The van der Waals surface area contributed by atoms with Gasteiger partial charge in [0.25, 0.3) is 0 Å². The number of halogens is 4. The summed E-state index contributed by atoms with van der Waals surface area (Å²) in [5.74, 6) is -0.423. The van der Waals surface area contributed by atoms with E-state index in [2.05, 4.69) is 10.8 Å². The van der Waals surface area contributed by atoms with Crippen molar-refractivity contribution in [2.75, 3.05) is 0 Å². The third-order valence-corrected chi connectivity index (χ3v) is 6.90. The van der Waals surface area contributed by atoms with Crippen LogP contribution in [0.1, 0.15) is 56.1 Å². The number of aliphatic hydroxyl groups excluding tert-OH is 1. The number of hydrogen-bond donors (Lipinski definition) is 1. The van der Waals surface area contributed by atoms with Gasteiger partial charge < -0.3 is 9.84 Å². The van der Waals surface area contributed by atoms with Crippen molar-refractivity contribution in [3.63, 3.8) is 0 Å². The van der Waals surface area contributed by atoms with Crippen molar-refractivity contribution in [1.29, 1.82) is 0 Å². The predicted molar refractivity (Wildman–Crippen MR) is 124 cm³/mol. The first-order valence-electron chi connectivity index (χ1n) is 11.9. The quantitative estimate of drug-likeness (QED) is 0.440. The molecule has 0 amide bonds. The molecule has 0 bridgehead atoms. The maximum atomic E-state index is 13.3. The molecule has 2 nitrogen and oxygen atoms in total. The van der Waals surface area contributed by atoms with Crippen LogP contribution in [0.3, 0.4) is 0 Å². The molecule has 0 saturated heterocycles. The molecule has 2 aromatic rings. The minimum absolute atomic E-state index is 0.0752. The summed E-state index contributed by atoms with van der Waals surface area (Å²) in [6.45, 7) is 0. The molecule has 2 aliphatic rings. The van der Waals surface area contributed by atoms with Crippen molar-refractivity contribution >= 4 is 0 Å². The minimum Gasteiger partial charge on any atom is -0.406 e. The van der Waals surface area contributed by atoms with Crippen LogP contribution in [0.15, 0.2) is 71.3 Å². The predicted octanol–water partition coefficient (Wildman–Crippen LogP) is 7.47. The Kier molecular flexibility index (Phi) is 7.77. The number of alkyl halides is 3. The van der Waals surface area contributed by atoms with Crippen LogP contribution >= 0.6 is 0 Å². The van der Waals surface area contributed by atoms with Crippen molar-refractivity contribution in [3.8, 4) is 5.75 Å². The minimum atomic E-state index is -4.74. The summed E-state index contributed by atoms with van der Waals surface area (Å²) in [5, 5.41) is 11.0. The molecule has 2 aromatic carbocycles. The largest absolute Gasteiger partial charge is 0.573 e. The Balaban J connectivity index is 1.41. The topological polar surface area (TPSA) is 29.5 Å². The second kappa shape index (κ2) is 10.8. The molecular formula is C28H30F4O2. The standard InChI is InChI=1S/C28H30F4O2/c29-24-13-8-19(9-14-24)16-23-6-2-1-5-21-10-11-22(12-15-26(21)23)27(33)18-20-4-3-7-25(17-20)34-28(30,31)32/h3-4,6-9,13-14,17,22,27,33H,1-2,5,10-12,15-16,18H2. The molecule has 1 N–H and O–H groups in total. The van der Waals surface area contributed by atoms with Gasteiger partial charge in [0.05, 0.1) is 6.10 Å². The Labute approximate surface area is 198 Å². The highest BCUT2D eigenvalue weighted by Gasteiger charge is 2.31. The van der Waals surface area contributed by atoms with Gasteiger partial charge in [-0.05, 0) is 110 Å². The van der Waals surface area contributed by atoms with E-state index in [0.29, 0.717) is 12.0 Å². The first kappa shape index (κ1) is 24.5. The van der Waals surface area contributed by atoms with Gasteiger partial charge in [-0.1, -0.05) is 35.9 Å². The number of aliphatic hydroxyl groups is 1. The summed E-state index contributed by atoms with van der Waals surface area (Å²) in [6.07, 6.45) is 4.71. The molecule has 34 heavy (non-hydrogen) atoms. The Bertz CT molecular complexity index is 1040. The maximum absolute atomic E-state index is 13.3. The van der Waals surface area contributed by atoms with Gasteiger partial charge in [0, 0.05) is 0 Å². The normalized spacial score (nSPS) is 20.1. The lowest BCUT2D eigenvalue weighted by atomic mass is 9.88. The summed E-state index contributed by atoms with van der Waals surface area (Å²) in [4.78, 5) is 0. The van der Waals surface area contributed by atoms with Crippen molar-refractivity contribution in [3.05, 3.63) is 88.3 Å². The van der Waals surface area contributed by atoms with E-state index < -0.39 is 12.5 Å². The third kappa shape index (κ3) is 6.72. The fourth-order valence-corrected chi connectivity index (χ4v) is 5.20. The molecule has 0 heterocycles. The molecule has 0 spiro atoms. The van der Waals surface area contributed by atoms with E-state index in [0.717, 1.165) is 56.9 Å². The molecule has 2 unspecified atom stereocenters. The van der Waals surface area contributed by atoms with Gasteiger partial charge in [0.2, 0.25) is 0 Å². The van der Waals surface area contributed by atoms with Crippen LogP contribution in [-0.4, -0.2) is 17.6 Å². The molecule has 0 aliphatic heterocycles. The second-order valence-electron chi connectivity index (χ2n) is 9.31. The molecule has 0 fully saturated rings. The first-order valence-corrected chi connectivity index (χ1v) is 11.9. The summed E-state index contributed by atoms with van der Waals surface area (Å²) in [6, 6.07) is 12.5. The van der Waals surface area contributed by atoms with E-state index in [-0.39, 0.29) is 17.5 Å². The van der Waals surface area contributed by atoms with E-state index in [1.54, 1.807) is 6.07 Å². The number of allylic oxidation sites excluding steroid dienone is 4. The monoisotopic (exact) mass is 474 g/mol. The SMILES string of the molecule is OC(Cc1cccc(OC(F)(F)F)c1)C1CCC2=C(CC1)C(Cc1ccc(F)cc1)=CCCC2. The zero-order valence-electron chi connectivity index (χ0n) is 19.1. The molecule has 0 radical (unpaired) electrons. The van der Waals surface area contributed by atoms with Crippen LogP contribution in [0.4, 0.5) is 17.6 Å². The van der Waals surface area contributed by atoms with E-state index in [1.807, 2.05) is 12.1 Å². The van der Waals surface area contributed by atoms with Crippen LogP contribution < -0.4 is 4.74 Å². The van der Waals surface area contributed by atoms with Gasteiger partial charge in [-0.2, -0.15) is 0 Å². The molecule has 182 valence electrons. The van der Waals surface area contributed by atoms with Crippen molar-refractivity contribution < 1.29 is 27.4 Å². The fourth-order valence-electron chi connectivity index (χ4n) is 5.20. The highest BCUT2D eigenvalue weighted by molar-refractivity contribution is 5.41. The van der Waals surface area contributed by atoms with Crippen LogP contribution in [0.5, 0.6) is 5.75 Å². The van der Waals surface area contributed by atoms with Crippen LogP contribution in [0.2, 0.25) is 0 Å². The molecule has 2 atom stereocenters. The highest BCUT2D eigenvalue weighted by Crippen LogP contribution is 2.39. The highest BCUT2D eigenvalue weighted by atomic mass is 19.4. The summed E-state index contributed by atoms with van der Waals surface area (Å²) >= 11 is 0. The zero-order chi connectivity index (χ0) is 24.1. The average molecular weight is 475 g/mol. The Morgan fingerprint density at radius 1 is 0.971 bits per heavy atom. The zero-order valence-corrected chi connectivity index (χ0v) is 19.1. The van der Waals surface area contributed by atoms with Gasteiger partial charge in [-0.15, -0.1) is 13.2 Å². The van der Waals surface area contributed by atoms with Gasteiger partial charge in [0.15, 0.2) is 0 Å². The lowest BCUT2D eigenvalue weighted by Crippen LogP contribution is -2.23.